The van der Waals surface area contributed by atoms with Crippen LogP contribution in [0.3, 0.4) is 0 Å². The van der Waals surface area contributed by atoms with Gasteiger partial charge in [-0.1, -0.05) is 48.5 Å². The smallest absolute Gasteiger partial charge is 0.407 e. The van der Waals surface area contributed by atoms with Crippen LogP contribution in [0.2, 0.25) is 0 Å². The van der Waals surface area contributed by atoms with Gasteiger partial charge in [-0.3, -0.25) is 0 Å². The van der Waals surface area contributed by atoms with Crippen LogP contribution in [-0.2, 0) is 14.8 Å². The zero-order valence-corrected chi connectivity index (χ0v) is 19.2. The van der Waals surface area contributed by atoms with Gasteiger partial charge in [0.2, 0.25) is 10.0 Å². The first-order valence-corrected chi connectivity index (χ1v) is 12.7. The number of hydrogen-bond acceptors (Lipinski definition) is 7. The molecule has 0 aliphatic heterocycles. The maximum Gasteiger partial charge on any atom is 0.407 e. The third-order valence-electron chi connectivity index (χ3n) is 5.59. The molecule has 0 spiro atoms. The summed E-state index contributed by atoms with van der Waals surface area (Å²) >= 11 is 0.792. The van der Waals surface area contributed by atoms with Crippen LogP contribution in [0, 0.1) is 0 Å². The van der Waals surface area contributed by atoms with Gasteiger partial charge in [-0.15, -0.1) is 11.3 Å². The Morgan fingerprint density at radius 2 is 1.64 bits per heavy atom. The largest absolute Gasteiger partial charge is 0.449 e. The van der Waals surface area contributed by atoms with Crippen molar-refractivity contribution in [3.8, 4) is 11.1 Å². The van der Waals surface area contributed by atoms with Crippen LogP contribution in [0.4, 0.5) is 4.79 Å². The van der Waals surface area contributed by atoms with Crippen molar-refractivity contribution in [3.63, 3.8) is 0 Å². The van der Waals surface area contributed by atoms with Crippen molar-refractivity contribution in [1.29, 1.82) is 0 Å². The number of alkyl carbamates (subject to hydrolysis) is 1. The Hall–Kier alpha value is -2.76. The van der Waals surface area contributed by atoms with E-state index >= 15 is 0 Å². The fraction of sp³-hybridized carbons (Fsp3) is 0.261. The molecule has 10 heteroatoms. The second-order valence-electron chi connectivity index (χ2n) is 7.75. The van der Waals surface area contributed by atoms with E-state index in [1.807, 2.05) is 36.4 Å². The number of benzene rings is 2. The number of thiophene rings is 1. The molecular weight excluding hydrogens is 464 g/mol. The fourth-order valence-corrected chi connectivity index (χ4v) is 5.76. The zero-order chi connectivity index (χ0) is 23.6. The molecule has 0 radical (unpaired) electrons. The van der Waals surface area contributed by atoms with Gasteiger partial charge < -0.3 is 20.3 Å². The number of primary sulfonamides is 1. The van der Waals surface area contributed by atoms with Gasteiger partial charge in [-0.05, 0) is 40.8 Å². The Morgan fingerprint density at radius 1 is 1.03 bits per heavy atom. The molecule has 1 heterocycles. The van der Waals surface area contributed by atoms with Crippen molar-refractivity contribution in [1.82, 2.24) is 5.32 Å². The summed E-state index contributed by atoms with van der Waals surface area (Å²) in [7, 11) is -3.87. The predicted octanol–water partition coefficient (Wildman–Crippen LogP) is 2.72. The van der Waals surface area contributed by atoms with Gasteiger partial charge in [0.05, 0.1) is 6.10 Å². The topological polar surface area (TPSA) is 139 Å². The molecule has 4 rings (SSSR count). The number of aliphatic hydroxyl groups excluding tert-OH is 2. The summed E-state index contributed by atoms with van der Waals surface area (Å²) in [6.45, 7) is 0.249. The van der Waals surface area contributed by atoms with E-state index in [0.717, 1.165) is 33.6 Å². The van der Waals surface area contributed by atoms with Crippen molar-refractivity contribution in [2.75, 3.05) is 13.2 Å². The highest BCUT2D eigenvalue weighted by Crippen LogP contribution is 2.44. The first-order chi connectivity index (χ1) is 15.8. The molecule has 1 aliphatic rings. The fourth-order valence-electron chi connectivity index (χ4n) is 3.97. The van der Waals surface area contributed by atoms with Crippen LogP contribution in [-0.4, -0.2) is 44.0 Å². The Balaban J connectivity index is 1.28. The second-order valence-corrected chi connectivity index (χ2v) is 10.7. The van der Waals surface area contributed by atoms with Crippen LogP contribution in [0.1, 0.15) is 34.4 Å². The van der Waals surface area contributed by atoms with Gasteiger partial charge in [0, 0.05) is 17.3 Å². The number of carbonyl (C=O) groups excluding carboxylic acids is 1. The molecule has 0 saturated carbocycles. The van der Waals surface area contributed by atoms with E-state index in [4.69, 9.17) is 9.88 Å². The molecule has 0 saturated heterocycles. The molecule has 1 amide bonds. The van der Waals surface area contributed by atoms with Gasteiger partial charge in [0.25, 0.3) is 0 Å². The van der Waals surface area contributed by atoms with Crippen molar-refractivity contribution in [2.45, 2.75) is 28.8 Å². The number of nitrogens with one attached hydrogen (secondary N) is 1. The molecule has 2 aromatic carbocycles. The van der Waals surface area contributed by atoms with Crippen molar-refractivity contribution in [3.05, 3.63) is 76.7 Å². The monoisotopic (exact) mass is 488 g/mol. The maximum absolute atomic E-state index is 12.2. The summed E-state index contributed by atoms with van der Waals surface area (Å²) in [5.74, 6) is -0.0533. The second kappa shape index (κ2) is 9.62. The van der Waals surface area contributed by atoms with Crippen molar-refractivity contribution >= 4 is 27.5 Å². The van der Waals surface area contributed by atoms with Gasteiger partial charge in [-0.2, -0.15) is 0 Å². The summed E-state index contributed by atoms with van der Waals surface area (Å²) in [4.78, 5) is 12.5. The van der Waals surface area contributed by atoms with Crippen LogP contribution in [0.15, 0.2) is 64.9 Å². The summed E-state index contributed by atoms with van der Waals surface area (Å²) < 4.78 is 28.1. The highest BCUT2D eigenvalue weighted by atomic mass is 32.2. The normalized spacial score (nSPS) is 14.9. The summed E-state index contributed by atoms with van der Waals surface area (Å²) in [5, 5.41) is 28.1. The highest BCUT2D eigenvalue weighted by Gasteiger charge is 2.29. The number of sulfonamides is 1. The molecule has 3 aromatic rings. The van der Waals surface area contributed by atoms with Gasteiger partial charge in [0.1, 0.15) is 16.9 Å². The Bertz CT molecular complexity index is 1210. The predicted molar refractivity (Wildman–Crippen MR) is 124 cm³/mol. The Kier molecular flexibility index (Phi) is 6.82. The molecule has 1 aliphatic carbocycles. The molecule has 0 fully saturated rings. The molecule has 33 heavy (non-hydrogen) atoms. The maximum atomic E-state index is 12.2. The van der Waals surface area contributed by atoms with E-state index in [1.54, 1.807) is 0 Å². The number of hydrogen-bond donors (Lipinski definition) is 4. The van der Waals surface area contributed by atoms with Crippen LogP contribution in [0.25, 0.3) is 11.1 Å². The van der Waals surface area contributed by atoms with E-state index in [9.17, 15) is 23.4 Å². The third kappa shape index (κ3) is 5.10. The van der Waals surface area contributed by atoms with Crippen molar-refractivity contribution < 1.29 is 28.2 Å². The molecule has 1 aromatic heterocycles. The number of ether oxygens (including phenoxy) is 1. The lowest BCUT2D eigenvalue weighted by atomic mass is 9.98. The van der Waals surface area contributed by atoms with Crippen molar-refractivity contribution in [2.24, 2.45) is 5.14 Å². The molecule has 5 N–H and O–H groups in total. The third-order valence-corrected chi connectivity index (χ3v) is 8.19. The number of nitrogens with two attached hydrogens (primary N) is 1. The summed E-state index contributed by atoms with van der Waals surface area (Å²) in [6, 6.07) is 18.7. The number of rotatable bonds is 8. The van der Waals surface area contributed by atoms with Gasteiger partial charge in [-0.25, -0.2) is 18.4 Å². The van der Waals surface area contributed by atoms with E-state index in [0.29, 0.717) is 0 Å². The van der Waals surface area contributed by atoms with Gasteiger partial charge in [0.15, 0.2) is 0 Å². The van der Waals surface area contributed by atoms with E-state index in [-0.39, 0.29) is 34.6 Å². The minimum atomic E-state index is -3.87. The molecule has 2 unspecified atom stereocenters. The molecule has 2 atom stereocenters. The lowest BCUT2D eigenvalue weighted by Gasteiger charge is -2.17. The van der Waals surface area contributed by atoms with E-state index in [1.165, 1.54) is 12.1 Å². The number of carbonyl (C=O) groups is 1. The minimum Gasteiger partial charge on any atom is -0.449 e. The summed E-state index contributed by atoms with van der Waals surface area (Å²) in [6.07, 6.45) is -3.07. The minimum absolute atomic E-state index is 0.0496. The first-order valence-electron chi connectivity index (χ1n) is 10.3. The molecule has 174 valence electrons. The number of fused-ring (bicyclic) bond motifs is 3. The lowest BCUT2D eigenvalue weighted by Crippen LogP contribution is -2.30. The molecule has 0 bridgehead atoms. The zero-order valence-electron chi connectivity index (χ0n) is 17.5. The van der Waals surface area contributed by atoms with Crippen LogP contribution < -0.4 is 10.5 Å². The Morgan fingerprint density at radius 3 is 2.21 bits per heavy atom. The summed E-state index contributed by atoms with van der Waals surface area (Å²) in [5.41, 5.74) is 4.50. The van der Waals surface area contributed by atoms with E-state index in [2.05, 4.69) is 17.4 Å². The SMILES string of the molecule is NS(=O)(=O)c1ccc(C(O)C(O)CCNC(=O)OCC2c3ccccc3-c3ccccc32)s1. The standard InChI is InChI=1S/C23H24N2O6S2/c24-33(29,30)21-10-9-20(32-21)22(27)19(26)11-12-25-23(28)31-13-18-16-7-3-1-5-14(16)15-6-2-4-8-17(15)18/h1-10,18-19,22,26-27H,11-13H2,(H,25,28)(H2,24,29,30). The molecule has 8 nitrogen and oxygen atoms in total. The highest BCUT2D eigenvalue weighted by molar-refractivity contribution is 7.91. The average Bonchev–Trinajstić information content (AvgIpc) is 3.41. The Labute approximate surface area is 195 Å². The van der Waals surface area contributed by atoms with Gasteiger partial charge >= 0.3 is 6.09 Å². The van der Waals surface area contributed by atoms with E-state index < -0.39 is 28.3 Å². The lowest BCUT2D eigenvalue weighted by molar-refractivity contribution is 0.0158. The molecular formula is C23H24N2O6S2. The van der Waals surface area contributed by atoms with Crippen LogP contribution in [0.5, 0.6) is 0 Å². The quantitative estimate of drug-likeness (QED) is 0.385. The number of aliphatic hydroxyl groups is 2. The van der Waals surface area contributed by atoms with Crippen LogP contribution >= 0.6 is 11.3 Å². The average molecular weight is 489 g/mol. The number of amides is 1. The first kappa shape index (κ1) is 23.4.